The number of hydrogen-bond donors (Lipinski definition) is 1. The van der Waals surface area contributed by atoms with Gasteiger partial charge in [0.2, 0.25) is 0 Å². The first kappa shape index (κ1) is 13.1. The predicted molar refractivity (Wildman–Crippen MR) is 73.1 cm³/mol. The minimum absolute atomic E-state index is 0.0688. The third-order valence-electron chi connectivity index (χ3n) is 3.52. The van der Waals surface area contributed by atoms with Gasteiger partial charge < -0.3 is 5.32 Å². The molecule has 20 heavy (non-hydrogen) atoms. The van der Waals surface area contributed by atoms with Gasteiger partial charge in [-0.2, -0.15) is 0 Å². The molecule has 0 amide bonds. The van der Waals surface area contributed by atoms with Crippen molar-refractivity contribution in [2.24, 2.45) is 0 Å². The van der Waals surface area contributed by atoms with Crippen molar-refractivity contribution in [2.45, 2.75) is 32.7 Å². The summed E-state index contributed by atoms with van der Waals surface area (Å²) in [6.45, 7) is 5.59. The number of hydrogen-bond acceptors (Lipinski definition) is 3. The van der Waals surface area contributed by atoms with Gasteiger partial charge >= 0.3 is 0 Å². The lowest BCUT2D eigenvalue weighted by Crippen LogP contribution is -2.37. The Morgan fingerprint density at radius 1 is 1.30 bits per heavy atom. The largest absolute Gasteiger partial charge is 0.371 e. The van der Waals surface area contributed by atoms with Crippen LogP contribution < -0.4 is 10.8 Å². The number of alkyl halides is 2. The molecule has 2 heterocycles. The van der Waals surface area contributed by atoms with E-state index in [1.54, 1.807) is 17.6 Å². The molecule has 2 radical (unpaired) electrons. The lowest BCUT2D eigenvalue weighted by atomic mass is 9.87. The van der Waals surface area contributed by atoms with E-state index in [9.17, 15) is 8.78 Å². The zero-order valence-corrected chi connectivity index (χ0v) is 11.4. The highest BCUT2D eigenvalue weighted by molar-refractivity contribution is 6.34. The highest BCUT2D eigenvalue weighted by Crippen LogP contribution is 2.40. The topological polar surface area (TPSA) is 42.7 Å². The lowest BCUT2D eigenvalue weighted by molar-refractivity contribution is 0.152. The van der Waals surface area contributed by atoms with Gasteiger partial charge in [-0.05, 0) is 26.8 Å². The molecule has 1 N–H and O–H groups in total. The molecular weight excluding hydrogens is 261 g/mol. The fraction of sp³-hybridized carbons (Fsp3) is 0.385. The molecule has 1 aliphatic rings. The lowest BCUT2D eigenvalue weighted by Gasteiger charge is -2.35. The van der Waals surface area contributed by atoms with Crippen molar-refractivity contribution in [3.63, 3.8) is 0 Å². The number of benzene rings is 1. The molecular formula is C13H13BF2N4. The number of rotatable bonds is 1. The van der Waals surface area contributed by atoms with Crippen molar-refractivity contribution >= 4 is 19.0 Å². The second kappa shape index (κ2) is 4.04. The van der Waals surface area contributed by atoms with Crippen LogP contribution in [0.4, 0.5) is 14.5 Å². The van der Waals surface area contributed by atoms with Gasteiger partial charge in [-0.3, -0.25) is 4.57 Å². The average molecular weight is 274 g/mol. The van der Waals surface area contributed by atoms with E-state index in [1.807, 2.05) is 13.8 Å². The van der Waals surface area contributed by atoms with Gasteiger partial charge in [0.15, 0.2) is 5.82 Å². The van der Waals surface area contributed by atoms with Crippen LogP contribution in [-0.2, 0) is 5.54 Å². The minimum Gasteiger partial charge on any atom is -0.371 e. The van der Waals surface area contributed by atoms with Crippen molar-refractivity contribution in [2.75, 3.05) is 5.32 Å². The van der Waals surface area contributed by atoms with Crippen LogP contribution in [-0.4, -0.2) is 22.6 Å². The van der Waals surface area contributed by atoms with Crippen LogP contribution in [0.25, 0.3) is 5.69 Å². The third-order valence-corrected chi connectivity index (χ3v) is 3.52. The summed E-state index contributed by atoms with van der Waals surface area (Å²) >= 11 is 0. The Balaban J connectivity index is 2.40. The molecule has 3 rings (SSSR count). The molecule has 4 nitrogen and oxygen atoms in total. The molecule has 102 valence electrons. The number of fused-ring (bicyclic) bond motifs is 3. The van der Waals surface area contributed by atoms with Crippen LogP contribution in [0.2, 0.25) is 0 Å². The maximum absolute atomic E-state index is 13.4. The molecule has 1 aromatic carbocycles. The quantitative estimate of drug-likeness (QED) is 0.808. The second-order valence-corrected chi connectivity index (χ2v) is 5.42. The van der Waals surface area contributed by atoms with Gasteiger partial charge in [0, 0.05) is 5.56 Å². The van der Waals surface area contributed by atoms with Crippen molar-refractivity contribution in [1.29, 1.82) is 0 Å². The standard InChI is InChI=1S/C13H13BF2N4/c1-6-18-19-12-13(2,3)17-8-5-4-7(14)9(11(15)16)10(8)20(6)12/h4-5,11,17H,1-3H3. The molecule has 2 aromatic rings. The Kier molecular flexibility index (Phi) is 2.64. The van der Waals surface area contributed by atoms with Crippen molar-refractivity contribution in [3.05, 3.63) is 29.3 Å². The molecule has 0 saturated heterocycles. The predicted octanol–water partition coefficient (Wildman–Crippen LogP) is 1.97. The normalized spacial score (nSPS) is 15.7. The van der Waals surface area contributed by atoms with Crippen molar-refractivity contribution in [3.8, 4) is 5.69 Å². The summed E-state index contributed by atoms with van der Waals surface area (Å²) in [5.41, 5.74) is 0.338. The van der Waals surface area contributed by atoms with Gasteiger partial charge in [0.1, 0.15) is 13.7 Å². The third kappa shape index (κ3) is 1.65. The summed E-state index contributed by atoms with van der Waals surface area (Å²) in [7, 11) is 5.73. The van der Waals surface area contributed by atoms with E-state index < -0.39 is 12.0 Å². The van der Waals surface area contributed by atoms with E-state index in [-0.39, 0.29) is 11.0 Å². The van der Waals surface area contributed by atoms with E-state index in [4.69, 9.17) is 7.85 Å². The van der Waals surface area contributed by atoms with Crippen molar-refractivity contribution < 1.29 is 8.78 Å². The van der Waals surface area contributed by atoms with Crippen LogP contribution in [0.3, 0.4) is 0 Å². The van der Waals surface area contributed by atoms with Gasteiger partial charge in [0.05, 0.1) is 16.9 Å². The van der Waals surface area contributed by atoms with E-state index in [1.165, 1.54) is 6.07 Å². The Morgan fingerprint density at radius 3 is 2.65 bits per heavy atom. The molecule has 0 aliphatic carbocycles. The first-order chi connectivity index (χ1) is 9.33. The van der Waals surface area contributed by atoms with Crippen LogP contribution in [0, 0.1) is 6.92 Å². The summed E-state index contributed by atoms with van der Waals surface area (Å²) in [6, 6.07) is 3.20. The summed E-state index contributed by atoms with van der Waals surface area (Å²) in [4.78, 5) is 0. The molecule has 7 heteroatoms. The summed E-state index contributed by atoms with van der Waals surface area (Å²) in [5, 5.41) is 11.3. The van der Waals surface area contributed by atoms with E-state index in [0.717, 1.165) is 0 Å². The summed E-state index contributed by atoms with van der Waals surface area (Å²) in [6.07, 6.45) is -2.66. The number of nitrogens with one attached hydrogen (secondary N) is 1. The highest BCUT2D eigenvalue weighted by atomic mass is 19.3. The molecule has 0 fully saturated rings. The van der Waals surface area contributed by atoms with Crippen LogP contribution in [0.1, 0.15) is 37.5 Å². The van der Waals surface area contributed by atoms with Gasteiger partial charge in [-0.25, -0.2) is 8.78 Å². The van der Waals surface area contributed by atoms with E-state index in [0.29, 0.717) is 23.0 Å². The highest BCUT2D eigenvalue weighted by Gasteiger charge is 2.36. The van der Waals surface area contributed by atoms with E-state index >= 15 is 0 Å². The fourth-order valence-corrected chi connectivity index (χ4v) is 2.62. The van der Waals surface area contributed by atoms with Crippen molar-refractivity contribution in [1.82, 2.24) is 14.8 Å². The van der Waals surface area contributed by atoms with Crippen LogP contribution in [0.15, 0.2) is 12.1 Å². The zero-order chi connectivity index (χ0) is 14.7. The summed E-state index contributed by atoms with van der Waals surface area (Å²) in [5.74, 6) is 1.15. The molecule has 0 saturated carbocycles. The van der Waals surface area contributed by atoms with E-state index in [2.05, 4.69) is 15.5 Å². The first-order valence-corrected chi connectivity index (χ1v) is 6.24. The Bertz CT molecular complexity index is 694. The molecule has 0 atom stereocenters. The molecule has 1 aliphatic heterocycles. The van der Waals surface area contributed by atoms with Crippen LogP contribution >= 0.6 is 0 Å². The Labute approximate surface area is 116 Å². The Hall–Kier alpha value is -1.92. The SMILES string of the molecule is [B]c1ccc2c(c1C(F)F)-n1c(C)nnc1C(C)(C)N2. The maximum atomic E-state index is 13.4. The molecule has 0 spiro atoms. The molecule has 0 unspecified atom stereocenters. The Morgan fingerprint density at radius 2 is 2.00 bits per heavy atom. The zero-order valence-electron chi connectivity index (χ0n) is 11.4. The number of halogens is 2. The smallest absolute Gasteiger partial charge is 0.265 e. The monoisotopic (exact) mass is 274 g/mol. The first-order valence-electron chi connectivity index (χ1n) is 6.24. The summed E-state index contributed by atoms with van der Waals surface area (Å²) < 4.78 is 28.4. The second-order valence-electron chi connectivity index (χ2n) is 5.42. The number of nitrogens with zero attached hydrogens (tertiary/aromatic N) is 3. The maximum Gasteiger partial charge on any atom is 0.265 e. The van der Waals surface area contributed by atoms with Gasteiger partial charge in [-0.15, -0.1) is 10.2 Å². The fourth-order valence-electron chi connectivity index (χ4n) is 2.62. The average Bonchev–Trinajstić information content (AvgIpc) is 2.73. The molecule has 0 bridgehead atoms. The molecule has 1 aromatic heterocycles. The number of aromatic nitrogens is 3. The number of aryl methyl sites for hydroxylation is 1. The van der Waals surface area contributed by atoms with Gasteiger partial charge in [0.25, 0.3) is 6.43 Å². The minimum atomic E-state index is -2.66. The van der Waals surface area contributed by atoms with Gasteiger partial charge in [-0.1, -0.05) is 11.5 Å². The number of anilines is 1. The van der Waals surface area contributed by atoms with Crippen LogP contribution in [0.5, 0.6) is 0 Å².